The lowest BCUT2D eigenvalue weighted by Crippen LogP contribution is -2.53. The van der Waals surface area contributed by atoms with Crippen LogP contribution in [0.2, 0.25) is 0 Å². The molecule has 2 rings (SSSR count). The molecule has 5 nitrogen and oxygen atoms in total. The molecule has 0 fully saturated rings. The molecule has 3 N–H and O–H groups in total. The van der Waals surface area contributed by atoms with Crippen LogP contribution in [0, 0.1) is 0 Å². The Balaban J connectivity index is 2.30. The van der Waals surface area contributed by atoms with Crippen molar-refractivity contribution in [1.82, 2.24) is 9.55 Å². The van der Waals surface area contributed by atoms with Gasteiger partial charge in [-0.05, 0) is 12.3 Å². The average molecular weight is 223 g/mol. The number of carboxylic acid groups (broad SMARTS) is 1. The highest BCUT2D eigenvalue weighted by molar-refractivity contribution is 5.79. The summed E-state index contributed by atoms with van der Waals surface area (Å²) in [6, 6.07) is 0. The molecule has 0 spiro atoms. The first-order chi connectivity index (χ1) is 7.42. The summed E-state index contributed by atoms with van der Waals surface area (Å²) in [7, 11) is 0. The average Bonchev–Trinajstić information content (AvgIpc) is 2.60. The molecule has 0 aromatic carbocycles. The third-order valence-electron chi connectivity index (χ3n) is 3.17. The summed E-state index contributed by atoms with van der Waals surface area (Å²) in [4.78, 5) is 15.5. The van der Waals surface area contributed by atoms with Gasteiger partial charge in [-0.3, -0.25) is 4.79 Å². The minimum atomic E-state index is -1.14. The molecule has 0 saturated carbocycles. The van der Waals surface area contributed by atoms with Crippen LogP contribution in [-0.2, 0) is 17.8 Å². The van der Waals surface area contributed by atoms with Crippen LogP contribution < -0.4 is 5.73 Å². The summed E-state index contributed by atoms with van der Waals surface area (Å²) in [6.07, 6.45) is 2.78. The van der Waals surface area contributed by atoms with E-state index in [1.54, 1.807) is 0 Å². The normalized spacial score (nSPS) is 24.5. The van der Waals surface area contributed by atoms with E-state index in [1.807, 2.05) is 10.8 Å². The highest BCUT2D eigenvalue weighted by Crippen LogP contribution is 2.24. The predicted molar refractivity (Wildman–Crippen MR) is 59.2 cm³/mol. The van der Waals surface area contributed by atoms with Crippen molar-refractivity contribution in [2.24, 2.45) is 5.73 Å². The van der Waals surface area contributed by atoms with Crippen LogP contribution in [-0.4, -0.2) is 26.2 Å². The number of hydrogen-bond acceptors (Lipinski definition) is 3. The molecule has 1 atom stereocenters. The van der Waals surface area contributed by atoms with Gasteiger partial charge in [0.25, 0.3) is 0 Å². The van der Waals surface area contributed by atoms with Crippen LogP contribution in [0.5, 0.6) is 0 Å². The number of imidazole rings is 1. The Morgan fingerprint density at radius 3 is 2.94 bits per heavy atom. The molecule has 0 radical (unpaired) electrons. The molecule has 88 valence electrons. The Labute approximate surface area is 94.3 Å². The van der Waals surface area contributed by atoms with Gasteiger partial charge in [-0.25, -0.2) is 4.98 Å². The van der Waals surface area contributed by atoms with Crippen LogP contribution in [0.15, 0.2) is 6.20 Å². The first kappa shape index (κ1) is 11.1. The SMILES string of the molecule is CC(C)c1cn2c(n1)CC(N)(C(=O)O)CC2. The van der Waals surface area contributed by atoms with Gasteiger partial charge in [0.05, 0.1) is 5.69 Å². The van der Waals surface area contributed by atoms with Crippen LogP contribution in [0.25, 0.3) is 0 Å². The van der Waals surface area contributed by atoms with E-state index in [0.717, 1.165) is 11.5 Å². The summed E-state index contributed by atoms with van der Waals surface area (Å²) in [6.45, 7) is 4.78. The molecule has 0 amide bonds. The zero-order chi connectivity index (χ0) is 11.9. The van der Waals surface area contributed by atoms with Crippen molar-refractivity contribution in [3.63, 3.8) is 0 Å². The first-order valence-electron chi connectivity index (χ1n) is 5.50. The van der Waals surface area contributed by atoms with Gasteiger partial charge in [0.15, 0.2) is 0 Å². The zero-order valence-corrected chi connectivity index (χ0v) is 9.60. The summed E-state index contributed by atoms with van der Waals surface area (Å²) < 4.78 is 2.02. The van der Waals surface area contributed by atoms with Crippen molar-refractivity contribution in [2.45, 2.75) is 44.7 Å². The van der Waals surface area contributed by atoms with Gasteiger partial charge in [-0.1, -0.05) is 13.8 Å². The second-order valence-corrected chi connectivity index (χ2v) is 4.82. The smallest absolute Gasteiger partial charge is 0.324 e. The van der Waals surface area contributed by atoms with Gasteiger partial charge < -0.3 is 15.4 Å². The van der Waals surface area contributed by atoms with Crippen molar-refractivity contribution in [2.75, 3.05) is 0 Å². The van der Waals surface area contributed by atoms with Crippen LogP contribution in [0.3, 0.4) is 0 Å². The van der Waals surface area contributed by atoms with E-state index in [1.165, 1.54) is 0 Å². The Morgan fingerprint density at radius 2 is 2.38 bits per heavy atom. The van der Waals surface area contributed by atoms with Gasteiger partial charge in [-0.15, -0.1) is 0 Å². The molecule has 0 bridgehead atoms. The molecule has 1 aliphatic rings. The van der Waals surface area contributed by atoms with E-state index in [2.05, 4.69) is 18.8 Å². The third-order valence-corrected chi connectivity index (χ3v) is 3.17. The molecule has 0 aliphatic carbocycles. The number of nitrogens with zero attached hydrogens (tertiary/aromatic N) is 2. The van der Waals surface area contributed by atoms with Gasteiger partial charge in [0.2, 0.25) is 0 Å². The number of aliphatic carboxylic acids is 1. The Hall–Kier alpha value is -1.36. The number of aryl methyl sites for hydroxylation is 1. The summed E-state index contributed by atoms with van der Waals surface area (Å²) in [5, 5.41) is 9.08. The van der Waals surface area contributed by atoms with E-state index in [0.29, 0.717) is 25.3 Å². The highest BCUT2D eigenvalue weighted by atomic mass is 16.4. The van der Waals surface area contributed by atoms with Crippen LogP contribution >= 0.6 is 0 Å². The fourth-order valence-corrected chi connectivity index (χ4v) is 1.96. The number of fused-ring (bicyclic) bond motifs is 1. The van der Waals surface area contributed by atoms with Gasteiger partial charge in [-0.2, -0.15) is 0 Å². The van der Waals surface area contributed by atoms with Gasteiger partial charge in [0.1, 0.15) is 11.4 Å². The van der Waals surface area contributed by atoms with Crippen molar-refractivity contribution in [1.29, 1.82) is 0 Å². The molecule has 1 aromatic rings. The predicted octanol–water partition coefficient (Wildman–Crippen LogP) is 0.735. The lowest BCUT2D eigenvalue weighted by Gasteiger charge is -2.29. The van der Waals surface area contributed by atoms with Crippen molar-refractivity contribution >= 4 is 5.97 Å². The highest BCUT2D eigenvalue weighted by Gasteiger charge is 2.38. The third kappa shape index (κ3) is 1.71. The number of nitrogens with two attached hydrogens (primary N) is 1. The molecule has 1 aliphatic heterocycles. The maximum Gasteiger partial charge on any atom is 0.324 e. The molecule has 1 aromatic heterocycles. The standard InChI is InChI=1S/C11H17N3O2/c1-7(2)8-6-14-4-3-11(12,10(15)16)5-9(14)13-8/h6-7H,3-5,12H2,1-2H3,(H,15,16). The summed E-state index contributed by atoms with van der Waals surface area (Å²) >= 11 is 0. The van der Waals surface area contributed by atoms with Crippen LogP contribution in [0.4, 0.5) is 0 Å². The largest absolute Gasteiger partial charge is 0.480 e. The van der Waals surface area contributed by atoms with E-state index < -0.39 is 11.5 Å². The molecule has 5 heteroatoms. The Morgan fingerprint density at radius 1 is 1.69 bits per heavy atom. The number of carboxylic acids is 1. The quantitative estimate of drug-likeness (QED) is 0.774. The molecule has 0 saturated heterocycles. The lowest BCUT2D eigenvalue weighted by atomic mass is 9.89. The second-order valence-electron chi connectivity index (χ2n) is 4.82. The second kappa shape index (κ2) is 3.59. The van der Waals surface area contributed by atoms with E-state index >= 15 is 0 Å². The maximum atomic E-state index is 11.1. The fraction of sp³-hybridized carbons (Fsp3) is 0.636. The Kier molecular flexibility index (Phi) is 2.50. The minimum Gasteiger partial charge on any atom is -0.480 e. The van der Waals surface area contributed by atoms with E-state index in [4.69, 9.17) is 10.8 Å². The molecule has 2 heterocycles. The van der Waals surface area contributed by atoms with E-state index in [-0.39, 0.29) is 0 Å². The number of rotatable bonds is 2. The number of hydrogen-bond donors (Lipinski definition) is 2. The zero-order valence-electron chi connectivity index (χ0n) is 9.60. The number of aromatic nitrogens is 2. The fourth-order valence-electron chi connectivity index (χ4n) is 1.96. The van der Waals surface area contributed by atoms with Crippen LogP contribution in [0.1, 0.15) is 37.7 Å². The van der Waals surface area contributed by atoms with Gasteiger partial charge in [0, 0.05) is 19.2 Å². The summed E-state index contributed by atoms with van der Waals surface area (Å²) in [5.74, 6) is 0.211. The molecular formula is C11H17N3O2. The van der Waals surface area contributed by atoms with Crippen molar-refractivity contribution in [3.8, 4) is 0 Å². The van der Waals surface area contributed by atoms with Gasteiger partial charge >= 0.3 is 5.97 Å². The minimum absolute atomic E-state index is 0.315. The lowest BCUT2D eigenvalue weighted by molar-refractivity contribution is -0.144. The summed E-state index contributed by atoms with van der Waals surface area (Å²) in [5.41, 5.74) is 5.71. The molecule has 16 heavy (non-hydrogen) atoms. The monoisotopic (exact) mass is 223 g/mol. The Bertz CT molecular complexity index is 425. The van der Waals surface area contributed by atoms with Crippen molar-refractivity contribution < 1.29 is 9.90 Å². The number of carbonyl (C=O) groups is 1. The topological polar surface area (TPSA) is 81.1 Å². The van der Waals surface area contributed by atoms with E-state index in [9.17, 15) is 4.79 Å². The first-order valence-corrected chi connectivity index (χ1v) is 5.50. The van der Waals surface area contributed by atoms with Crippen molar-refractivity contribution in [3.05, 3.63) is 17.7 Å². The molecule has 1 unspecified atom stereocenters. The maximum absolute atomic E-state index is 11.1. The molecular weight excluding hydrogens is 206 g/mol.